The normalized spacial score (nSPS) is 23.6. The van der Waals surface area contributed by atoms with Crippen molar-refractivity contribution in [2.45, 2.75) is 38.3 Å². The van der Waals surface area contributed by atoms with Gasteiger partial charge in [-0.05, 0) is 34.9 Å². The maximum absolute atomic E-state index is 13.4. The van der Waals surface area contributed by atoms with Crippen LogP contribution in [-0.2, 0) is 17.7 Å². The zero-order valence-corrected chi connectivity index (χ0v) is 22.0. The van der Waals surface area contributed by atoms with Gasteiger partial charge < -0.3 is 26.2 Å². The van der Waals surface area contributed by atoms with E-state index in [1.54, 1.807) is 16.2 Å². The van der Waals surface area contributed by atoms with Gasteiger partial charge in [0.15, 0.2) is 6.10 Å². The molecule has 0 N–H and O–H groups in total. The van der Waals surface area contributed by atoms with Crippen molar-refractivity contribution < 1.29 is 31.0 Å². The number of benzene rings is 1. The van der Waals surface area contributed by atoms with E-state index in [-0.39, 0.29) is 29.2 Å². The summed E-state index contributed by atoms with van der Waals surface area (Å²) in [5.74, 6) is 0.511. The molecule has 2 bridgehead atoms. The summed E-state index contributed by atoms with van der Waals surface area (Å²) in [7, 11) is 0. The van der Waals surface area contributed by atoms with E-state index in [0.717, 1.165) is 28.7 Å². The molecule has 1 atom stereocenters. The quantitative estimate of drug-likeness (QED) is 0.406. The first-order valence-electron chi connectivity index (χ1n) is 11.6. The Balaban J connectivity index is 0.00000259. The highest BCUT2D eigenvalue weighted by Crippen LogP contribution is 2.36. The summed E-state index contributed by atoms with van der Waals surface area (Å²) in [6.45, 7) is 5.18. The minimum absolute atomic E-state index is 0. The fourth-order valence-corrected chi connectivity index (χ4v) is 6.74. The summed E-state index contributed by atoms with van der Waals surface area (Å²) in [5.41, 5.74) is 2.03. The van der Waals surface area contributed by atoms with Crippen LogP contribution >= 0.6 is 22.7 Å². The van der Waals surface area contributed by atoms with E-state index < -0.39 is 0 Å². The zero-order valence-electron chi connectivity index (χ0n) is 18.8. The van der Waals surface area contributed by atoms with E-state index >= 15 is 0 Å². The second kappa shape index (κ2) is 11.2. The first kappa shape index (κ1) is 24.5. The van der Waals surface area contributed by atoms with Crippen molar-refractivity contribution in [3.8, 4) is 0 Å². The number of thiophene rings is 2. The number of quaternary nitrogens is 1. The Labute approximate surface area is 215 Å². The number of carbonyl (C=O) groups excluding carboxylic acids is 1. The summed E-state index contributed by atoms with van der Waals surface area (Å²) in [5, 5.41) is 6.21. The number of anilines is 1. The molecule has 33 heavy (non-hydrogen) atoms. The highest BCUT2D eigenvalue weighted by atomic mass is 79.9. The molecule has 6 rings (SSSR count). The number of hydrogen-bond acceptors (Lipinski definition) is 4. The molecule has 3 aliphatic rings. The van der Waals surface area contributed by atoms with Crippen LogP contribution in [0.3, 0.4) is 0 Å². The average molecular weight is 548 g/mol. The molecule has 3 aromatic rings. The number of nitrogens with zero attached hydrogens (tertiary/aromatic N) is 2. The highest BCUT2D eigenvalue weighted by molar-refractivity contribution is 7.09. The molecule has 3 fully saturated rings. The van der Waals surface area contributed by atoms with E-state index in [9.17, 15) is 4.79 Å². The third kappa shape index (κ3) is 5.88. The number of halogens is 1. The Bertz CT molecular complexity index is 987. The molecule has 7 heteroatoms. The van der Waals surface area contributed by atoms with Crippen LogP contribution in [0.1, 0.15) is 29.7 Å². The lowest BCUT2D eigenvalue weighted by molar-refractivity contribution is -0.946. The van der Waals surface area contributed by atoms with Crippen LogP contribution in [0.4, 0.5) is 10.5 Å². The maximum Gasteiger partial charge on any atom is 0.415 e. The lowest BCUT2D eigenvalue weighted by atomic mass is 9.83. The molecule has 3 aliphatic heterocycles. The Morgan fingerprint density at radius 2 is 1.88 bits per heavy atom. The van der Waals surface area contributed by atoms with Gasteiger partial charge in [-0.1, -0.05) is 36.4 Å². The summed E-state index contributed by atoms with van der Waals surface area (Å²) in [4.78, 5) is 16.6. The van der Waals surface area contributed by atoms with Crippen LogP contribution in [0.2, 0.25) is 0 Å². The Morgan fingerprint density at radius 3 is 2.58 bits per heavy atom. The molecule has 1 amide bonds. The molecular weight excluding hydrogens is 516 g/mol. The van der Waals surface area contributed by atoms with E-state index in [0.29, 0.717) is 12.5 Å². The predicted molar refractivity (Wildman–Crippen MR) is 132 cm³/mol. The second-order valence-corrected chi connectivity index (χ2v) is 11.0. The van der Waals surface area contributed by atoms with Crippen LogP contribution in [0.15, 0.2) is 64.7 Å². The van der Waals surface area contributed by atoms with Crippen molar-refractivity contribution in [1.29, 1.82) is 0 Å². The minimum Gasteiger partial charge on any atom is -1.00 e. The number of hydrogen-bond donors (Lipinski definition) is 0. The first-order valence-corrected chi connectivity index (χ1v) is 13.4. The first-order chi connectivity index (χ1) is 15.7. The second-order valence-electron chi connectivity index (χ2n) is 9.19. The topological polar surface area (TPSA) is 29.5 Å². The molecule has 0 radical (unpaired) electrons. The number of carbonyl (C=O) groups is 1. The van der Waals surface area contributed by atoms with Gasteiger partial charge in [-0.15, -0.1) is 11.3 Å². The molecule has 176 valence electrons. The van der Waals surface area contributed by atoms with Crippen molar-refractivity contribution >= 4 is 34.5 Å². The molecule has 3 saturated heterocycles. The monoisotopic (exact) mass is 546 g/mol. The van der Waals surface area contributed by atoms with Gasteiger partial charge in [0.25, 0.3) is 0 Å². The molecule has 0 aliphatic carbocycles. The van der Waals surface area contributed by atoms with E-state index in [1.807, 2.05) is 46.4 Å². The summed E-state index contributed by atoms with van der Waals surface area (Å²) in [6, 6.07) is 16.6. The van der Waals surface area contributed by atoms with Gasteiger partial charge in [0.2, 0.25) is 0 Å². The van der Waals surface area contributed by atoms with Crippen molar-refractivity contribution in [1.82, 2.24) is 0 Å². The highest BCUT2D eigenvalue weighted by Gasteiger charge is 2.47. The Kier molecular flexibility index (Phi) is 8.28. The molecular formula is C26H31BrN2O2S2. The van der Waals surface area contributed by atoms with Gasteiger partial charge in [-0.2, -0.15) is 11.3 Å². The summed E-state index contributed by atoms with van der Waals surface area (Å²) < 4.78 is 7.36. The number of piperidine rings is 3. The standard InChI is InChI=1S/C26H31N2O2S2.BrH/c29-26(27(23-12-17-31-20-23)18-21-6-2-1-3-7-21)30-25-19-28(14-10-22(25)11-15-28)13-4-8-24-9-5-16-32-24;/h1-3,5-7,9,12,16-17,20,22,25H,4,8,10-11,13-15,18-19H2;1H/q+1;/p-1/t22?,25-,28?;/m0./s1. The van der Waals surface area contributed by atoms with Crippen molar-refractivity contribution in [2.24, 2.45) is 5.92 Å². The number of rotatable bonds is 8. The molecule has 5 heterocycles. The third-order valence-corrected chi connectivity index (χ3v) is 8.76. The van der Waals surface area contributed by atoms with Gasteiger partial charge in [0.1, 0.15) is 6.54 Å². The van der Waals surface area contributed by atoms with Crippen LogP contribution in [0.25, 0.3) is 0 Å². The molecule has 0 unspecified atom stereocenters. The third-order valence-electron chi connectivity index (χ3n) is 7.15. The van der Waals surface area contributed by atoms with Gasteiger partial charge in [-0.3, -0.25) is 4.90 Å². The maximum atomic E-state index is 13.4. The van der Waals surface area contributed by atoms with Crippen molar-refractivity contribution in [2.75, 3.05) is 31.1 Å². The summed E-state index contributed by atoms with van der Waals surface area (Å²) >= 11 is 3.47. The molecule has 2 aromatic heterocycles. The van der Waals surface area contributed by atoms with Crippen LogP contribution in [-0.4, -0.2) is 42.9 Å². The van der Waals surface area contributed by atoms with Gasteiger partial charge >= 0.3 is 6.09 Å². The summed E-state index contributed by atoms with van der Waals surface area (Å²) in [6.07, 6.45) is 4.55. The van der Waals surface area contributed by atoms with Gasteiger partial charge in [-0.25, -0.2) is 4.79 Å². The Morgan fingerprint density at radius 1 is 1.06 bits per heavy atom. The average Bonchev–Trinajstić information content (AvgIpc) is 3.53. The number of ether oxygens (including phenoxy) is 1. The zero-order chi connectivity index (χ0) is 21.8. The van der Waals surface area contributed by atoms with Crippen molar-refractivity contribution in [3.05, 3.63) is 75.1 Å². The van der Waals surface area contributed by atoms with Crippen LogP contribution in [0.5, 0.6) is 0 Å². The molecule has 4 nitrogen and oxygen atoms in total. The lowest BCUT2D eigenvalue weighted by Crippen LogP contribution is -3.00. The Hall–Kier alpha value is -1.67. The van der Waals surface area contributed by atoms with E-state index in [4.69, 9.17) is 4.74 Å². The van der Waals surface area contributed by atoms with E-state index in [2.05, 4.69) is 29.6 Å². The van der Waals surface area contributed by atoms with Gasteiger partial charge in [0.05, 0.1) is 31.9 Å². The fourth-order valence-electron chi connectivity index (χ4n) is 5.34. The fraction of sp³-hybridized carbons (Fsp3) is 0.423. The molecule has 1 aromatic carbocycles. The smallest absolute Gasteiger partial charge is 0.415 e. The molecule has 0 saturated carbocycles. The van der Waals surface area contributed by atoms with E-state index in [1.165, 1.54) is 43.8 Å². The number of aryl methyl sites for hydroxylation is 1. The van der Waals surface area contributed by atoms with Crippen LogP contribution < -0.4 is 21.9 Å². The SMILES string of the molecule is O=C(O[C@H]1C[N+]2(CCCc3cccs3)CCC1CC2)N(Cc1ccccc1)c1ccsc1.[Br-]. The predicted octanol–water partition coefficient (Wildman–Crippen LogP) is 3.20. The largest absolute Gasteiger partial charge is 1.00 e. The van der Waals surface area contributed by atoms with Crippen LogP contribution in [0, 0.1) is 5.92 Å². The molecule has 0 spiro atoms. The van der Waals surface area contributed by atoms with Gasteiger partial charge in [0, 0.05) is 35.4 Å². The lowest BCUT2D eigenvalue weighted by Gasteiger charge is -2.52. The minimum atomic E-state index is -0.206. The number of amides is 1. The van der Waals surface area contributed by atoms with Crippen molar-refractivity contribution in [3.63, 3.8) is 0 Å². The number of fused-ring (bicyclic) bond motifs is 3.